The van der Waals surface area contributed by atoms with Crippen LogP contribution in [0.4, 0.5) is 0 Å². The second kappa shape index (κ2) is 6.89. The molecule has 13 heavy (non-hydrogen) atoms. The second-order valence-electron chi connectivity index (χ2n) is 3.20. The minimum Gasteiger partial charge on any atom is -0.466 e. The third-order valence-electron chi connectivity index (χ3n) is 2.27. The first-order valence-corrected chi connectivity index (χ1v) is 4.82. The van der Waals surface area contributed by atoms with E-state index >= 15 is 0 Å². The summed E-state index contributed by atoms with van der Waals surface area (Å²) in [6.07, 6.45) is 0.965. The van der Waals surface area contributed by atoms with Crippen molar-refractivity contribution in [2.45, 2.75) is 27.2 Å². The molecule has 0 aromatic rings. The lowest BCUT2D eigenvalue weighted by Gasteiger charge is -2.19. The molecule has 0 saturated carbocycles. The van der Waals surface area contributed by atoms with Crippen molar-refractivity contribution < 1.29 is 14.3 Å². The summed E-state index contributed by atoms with van der Waals surface area (Å²) < 4.78 is 9.95. The van der Waals surface area contributed by atoms with E-state index in [2.05, 4.69) is 6.92 Å². The van der Waals surface area contributed by atoms with E-state index in [1.807, 2.05) is 13.8 Å². The molecule has 0 aliphatic heterocycles. The highest BCUT2D eigenvalue weighted by Crippen LogP contribution is 2.17. The van der Waals surface area contributed by atoms with Gasteiger partial charge in [-0.2, -0.15) is 0 Å². The smallest absolute Gasteiger partial charge is 0.311 e. The SMILES string of the molecule is CCOC(=O)C(COC)C(C)CC. The van der Waals surface area contributed by atoms with Gasteiger partial charge in [0, 0.05) is 7.11 Å². The number of carbonyl (C=O) groups is 1. The van der Waals surface area contributed by atoms with Crippen LogP contribution in [0.25, 0.3) is 0 Å². The molecule has 2 atom stereocenters. The molecule has 0 amide bonds. The Kier molecular flexibility index (Phi) is 6.59. The van der Waals surface area contributed by atoms with Gasteiger partial charge in [-0.1, -0.05) is 20.3 Å². The normalized spacial score (nSPS) is 15.1. The summed E-state index contributed by atoms with van der Waals surface area (Å²) in [7, 11) is 1.61. The largest absolute Gasteiger partial charge is 0.466 e. The predicted octanol–water partition coefficient (Wildman–Crippen LogP) is 1.86. The second-order valence-corrected chi connectivity index (χ2v) is 3.20. The van der Waals surface area contributed by atoms with Crippen molar-refractivity contribution in [3.8, 4) is 0 Å². The first kappa shape index (κ1) is 12.4. The lowest BCUT2D eigenvalue weighted by molar-refractivity contribution is -0.152. The fourth-order valence-electron chi connectivity index (χ4n) is 1.18. The molecule has 0 saturated heterocycles. The summed E-state index contributed by atoms with van der Waals surface area (Å²) in [5.41, 5.74) is 0. The quantitative estimate of drug-likeness (QED) is 0.597. The van der Waals surface area contributed by atoms with Gasteiger partial charge in [0.25, 0.3) is 0 Å². The molecule has 3 heteroatoms. The average Bonchev–Trinajstić information content (AvgIpc) is 2.13. The van der Waals surface area contributed by atoms with Crippen molar-refractivity contribution in [3.05, 3.63) is 0 Å². The lowest BCUT2D eigenvalue weighted by Crippen LogP contribution is -2.28. The summed E-state index contributed by atoms with van der Waals surface area (Å²) in [5, 5.41) is 0. The summed E-state index contributed by atoms with van der Waals surface area (Å²) in [5.74, 6) is 0.0626. The van der Waals surface area contributed by atoms with E-state index in [1.165, 1.54) is 0 Å². The van der Waals surface area contributed by atoms with Crippen molar-refractivity contribution in [1.82, 2.24) is 0 Å². The number of hydrogen-bond acceptors (Lipinski definition) is 3. The van der Waals surface area contributed by atoms with Gasteiger partial charge in [-0.15, -0.1) is 0 Å². The molecule has 0 heterocycles. The summed E-state index contributed by atoms with van der Waals surface area (Å²) >= 11 is 0. The Morgan fingerprint density at radius 3 is 2.38 bits per heavy atom. The summed E-state index contributed by atoms with van der Waals surface area (Å²) in [6.45, 7) is 6.81. The monoisotopic (exact) mass is 188 g/mol. The maximum Gasteiger partial charge on any atom is 0.311 e. The molecule has 0 radical (unpaired) electrons. The molecule has 0 fully saturated rings. The Labute approximate surface area is 80.4 Å². The first-order chi connectivity index (χ1) is 6.17. The zero-order valence-electron chi connectivity index (χ0n) is 9.00. The maximum atomic E-state index is 11.4. The van der Waals surface area contributed by atoms with Gasteiger partial charge in [0.1, 0.15) is 0 Å². The third-order valence-corrected chi connectivity index (χ3v) is 2.27. The van der Waals surface area contributed by atoms with Gasteiger partial charge in [-0.25, -0.2) is 0 Å². The number of rotatable bonds is 6. The molecular weight excluding hydrogens is 168 g/mol. The minimum atomic E-state index is -0.140. The fraction of sp³-hybridized carbons (Fsp3) is 0.900. The van der Waals surface area contributed by atoms with Gasteiger partial charge in [0.15, 0.2) is 0 Å². The number of ether oxygens (including phenoxy) is 2. The highest BCUT2D eigenvalue weighted by atomic mass is 16.5. The van der Waals surface area contributed by atoms with Crippen LogP contribution in [-0.4, -0.2) is 26.3 Å². The minimum absolute atomic E-state index is 0.116. The Bertz CT molecular complexity index is 145. The van der Waals surface area contributed by atoms with Gasteiger partial charge in [0.05, 0.1) is 19.1 Å². The number of esters is 1. The molecule has 3 nitrogen and oxygen atoms in total. The molecule has 0 N–H and O–H groups in total. The lowest BCUT2D eigenvalue weighted by atomic mass is 9.93. The molecule has 2 unspecified atom stereocenters. The molecule has 78 valence electrons. The number of carbonyl (C=O) groups excluding carboxylic acids is 1. The van der Waals surface area contributed by atoms with E-state index in [0.717, 1.165) is 6.42 Å². The Balaban J connectivity index is 4.13. The molecule has 0 rings (SSSR count). The standard InChI is InChI=1S/C10H20O3/c1-5-8(3)9(7-12-4)10(11)13-6-2/h8-9H,5-7H2,1-4H3. The zero-order valence-corrected chi connectivity index (χ0v) is 9.00. The van der Waals surface area contributed by atoms with Crippen molar-refractivity contribution in [2.24, 2.45) is 11.8 Å². The Morgan fingerprint density at radius 1 is 1.38 bits per heavy atom. The molecule has 0 spiro atoms. The van der Waals surface area contributed by atoms with Crippen LogP contribution in [0.5, 0.6) is 0 Å². The van der Waals surface area contributed by atoms with E-state index in [-0.39, 0.29) is 11.9 Å². The van der Waals surface area contributed by atoms with Crippen LogP contribution >= 0.6 is 0 Å². The van der Waals surface area contributed by atoms with Crippen LogP contribution in [0, 0.1) is 11.8 Å². The van der Waals surface area contributed by atoms with Crippen LogP contribution in [0.3, 0.4) is 0 Å². The van der Waals surface area contributed by atoms with E-state index < -0.39 is 0 Å². The van der Waals surface area contributed by atoms with Gasteiger partial charge in [0.2, 0.25) is 0 Å². The van der Waals surface area contributed by atoms with Gasteiger partial charge in [-0.05, 0) is 12.8 Å². The summed E-state index contributed by atoms with van der Waals surface area (Å²) in [6, 6.07) is 0. The van der Waals surface area contributed by atoms with E-state index in [1.54, 1.807) is 7.11 Å². The van der Waals surface area contributed by atoms with Gasteiger partial charge in [-0.3, -0.25) is 4.79 Å². The van der Waals surface area contributed by atoms with Crippen LogP contribution in [0.2, 0.25) is 0 Å². The highest BCUT2D eigenvalue weighted by molar-refractivity contribution is 5.72. The molecule has 0 aliphatic rings. The van der Waals surface area contributed by atoms with E-state index in [0.29, 0.717) is 19.1 Å². The molecule has 0 aromatic heterocycles. The van der Waals surface area contributed by atoms with Crippen LogP contribution in [0.1, 0.15) is 27.2 Å². The van der Waals surface area contributed by atoms with Crippen molar-refractivity contribution in [2.75, 3.05) is 20.3 Å². The van der Waals surface area contributed by atoms with Crippen LogP contribution in [-0.2, 0) is 14.3 Å². The average molecular weight is 188 g/mol. The molecule has 0 bridgehead atoms. The summed E-state index contributed by atoms with van der Waals surface area (Å²) in [4.78, 5) is 11.4. The van der Waals surface area contributed by atoms with Crippen molar-refractivity contribution in [3.63, 3.8) is 0 Å². The Hall–Kier alpha value is -0.570. The zero-order chi connectivity index (χ0) is 10.3. The van der Waals surface area contributed by atoms with Gasteiger partial charge < -0.3 is 9.47 Å². The van der Waals surface area contributed by atoms with E-state index in [9.17, 15) is 4.79 Å². The maximum absolute atomic E-state index is 11.4. The first-order valence-electron chi connectivity index (χ1n) is 4.82. The Morgan fingerprint density at radius 2 is 2.00 bits per heavy atom. The molecule has 0 aromatic carbocycles. The van der Waals surface area contributed by atoms with Gasteiger partial charge >= 0.3 is 5.97 Å². The fourth-order valence-corrected chi connectivity index (χ4v) is 1.18. The molecule has 0 aliphatic carbocycles. The van der Waals surface area contributed by atoms with Crippen molar-refractivity contribution >= 4 is 5.97 Å². The van der Waals surface area contributed by atoms with Crippen LogP contribution < -0.4 is 0 Å². The predicted molar refractivity (Wildman–Crippen MR) is 51.5 cm³/mol. The van der Waals surface area contributed by atoms with Crippen molar-refractivity contribution in [1.29, 1.82) is 0 Å². The number of methoxy groups -OCH3 is 1. The van der Waals surface area contributed by atoms with Crippen LogP contribution in [0.15, 0.2) is 0 Å². The molecular formula is C10H20O3. The third kappa shape index (κ3) is 4.27. The topological polar surface area (TPSA) is 35.5 Å². The van der Waals surface area contributed by atoms with E-state index in [4.69, 9.17) is 9.47 Å². The highest BCUT2D eigenvalue weighted by Gasteiger charge is 2.24. The number of hydrogen-bond donors (Lipinski definition) is 0.